The van der Waals surface area contributed by atoms with E-state index >= 15 is 0 Å². The number of rotatable bonds is 6. The van der Waals surface area contributed by atoms with Crippen molar-refractivity contribution in [3.63, 3.8) is 0 Å². The first-order chi connectivity index (χ1) is 36.7. The number of hydrogen-bond acceptors (Lipinski definition) is 23. The minimum Gasteiger partial charge on any atom is -0.469 e. The SMILES string of the molecule is COC(=O)[C@H]1[C@@H]2C[C@@H](O[C@@H]3O[C@H](C)[C@@H](O)[C@H](N(C)C[C@@]4(O)OC[C@@H](O)[C@@H](O)[C@@H]4O)[C@@H]3O)\C=C/C=C\C=C/C=C\C=C/C=C\C=C/[C@H](C)[C@@H](O)[C@@H](C)[C@H](C)OC(=O)C[C@H](O)C[C@H](O)CC[C@@H](O)[C@H](O)C[C@H](O)C[C@](O)(C[C@@H]1O)O2. The van der Waals surface area contributed by atoms with Gasteiger partial charge in [0.05, 0.1) is 99.9 Å². The summed E-state index contributed by atoms with van der Waals surface area (Å²) in [6.07, 6.45) is -3.31. The van der Waals surface area contributed by atoms with E-state index in [2.05, 4.69) is 0 Å². The number of methoxy groups -OCH3 is 1. The van der Waals surface area contributed by atoms with E-state index in [0.29, 0.717) is 0 Å². The zero-order chi connectivity index (χ0) is 58.1. The average molecular weight is 1110 g/mol. The molecule has 23 atom stereocenters. The van der Waals surface area contributed by atoms with Crippen LogP contribution < -0.4 is 0 Å². The summed E-state index contributed by atoms with van der Waals surface area (Å²) in [6, 6.07) is -1.29. The van der Waals surface area contributed by atoms with Crippen LogP contribution in [0.15, 0.2) is 85.1 Å². The Hall–Kier alpha value is -3.64. The molecule has 0 aromatic heterocycles. The highest BCUT2D eigenvalue weighted by molar-refractivity contribution is 5.74. The molecule has 23 nitrogen and oxygen atoms in total. The monoisotopic (exact) mass is 1110 g/mol. The summed E-state index contributed by atoms with van der Waals surface area (Å²) in [6.45, 7) is 5.54. The molecule has 0 spiro atoms. The molecule has 0 aromatic rings. The molecule has 4 aliphatic heterocycles. The van der Waals surface area contributed by atoms with Gasteiger partial charge in [-0.1, -0.05) is 98.9 Å². The number of esters is 2. The molecule has 4 heterocycles. The van der Waals surface area contributed by atoms with Crippen molar-refractivity contribution in [2.45, 2.75) is 201 Å². The van der Waals surface area contributed by atoms with Crippen LogP contribution in [-0.2, 0) is 38.0 Å². The predicted molar refractivity (Wildman–Crippen MR) is 279 cm³/mol. The third-order valence-electron chi connectivity index (χ3n) is 14.8. The first kappa shape index (κ1) is 66.9. The summed E-state index contributed by atoms with van der Waals surface area (Å²) >= 11 is 0. The Morgan fingerprint density at radius 2 is 1.24 bits per heavy atom. The number of likely N-dealkylation sites (N-methyl/N-ethyl adjacent to an activating group) is 1. The molecule has 0 radical (unpaired) electrons. The fourth-order valence-corrected chi connectivity index (χ4v) is 10.0. The van der Waals surface area contributed by atoms with Crippen molar-refractivity contribution >= 4 is 11.9 Å². The van der Waals surface area contributed by atoms with Crippen molar-refractivity contribution in [2.75, 3.05) is 27.3 Å². The maximum Gasteiger partial charge on any atom is 0.313 e. The molecule has 3 fully saturated rings. The highest BCUT2D eigenvalue weighted by atomic mass is 16.7. The molecule has 14 N–H and O–H groups in total. The lowest BCUT2D eigenvalue weighted by atomic mass is 9.82. The molecule has 4 rings (SSSR count). The van der Waals surface area contributed by atoms with Gasteiger partial charge in [-0.3, -0.25) is 14.5 Å². The lowest BCUT2D eigenvalue weighted by Gasteiger charge is -2.49. The topological polar surface area (TPSA) is 376 Å². The number of hydrogen-bond donors (Lipinski definition) is 14. The first-order valence-electron chi connectivity index (χ1n) is 26.6. The molecule has 0 unspecified atom stereocenters. The molecule has 444 valence electrons. The number of nitrogens with zero attached hydrogens (tertiary/aromatic N) is 1. The summed E-state index contributed by atoms with van der Waals surface area (Å²) in [5, 5.41) is 154. The third-order valence-corrected chi connectivity index (χ3v) is 14.8. The molecule has 0 aliphatic carbocycles. The van der Waals surface area contributed by atoms with Crippen LogP contribution in [0.4, 0.5) is 0 Å². The van der Waals surface area contributed by atoms with Gasteiger partial charge in [0, 0.05) is 37.5 Å². The summed E-state index contributed by atoms with van der Waals surface area (Å²) in [5.74, 6) is -8.73. The van der Waals surface area contributed by atoms with Crippen LogP contribution in [0.25, 0.3) is 0 Å². The summed E-state index contributed by atoms with van der Waals surface area (Å²) in [4.78, 5) is 27.3. The number of aliphatic hydroxyl groups excluding tert-OH is 12. The zero-order valence-corrected chi connectivity index (χ0v) is 45.3. The molecular formula is C55H87NO22. The Labute approximate surface area is 455 Å². The number of carbonyl (C=O) groups excluding carboxylic acids is 2. The van der Waals surface area contributed by atoms with Crippen LogP contribution in [0.2, 0.25) is 0 Å². The minimum absolute atomic E-state index is 0.132. The van der Waals surface area contributed by atoms with E-state index in [1.807, 2.05) is 13.0 Å². The first-order valence-corrected chi connectivity index (χ1v) is 26.6. The van der Waals surface area contributed by atoms with Gasteiger partial charge in [-0.25, -0.2) is 0 Å². The van der Waals surface area contributed by atoms with Crippen LogP contribution in [-0.4, -0.2) is 237 Å². The van der Waals surface area contributed by atoms with Gasteiger partial charge in [-0.2, -0.15) is 0 Å². The minimum atomic E-state index is -2.45. The van der Waals surface area contributed by atoms with Crippen molar-refractivity contribution in [1.82, 2.24) is 4.90 Å². The van der Waals surface area contributed by atoms with Gasteiger partial charge in [0.1, 0.15) is 36.4 Å². The fourth-order valence-electron chi connectivity index (χ4n) is 10.0. The van der Waals surface area contributed by atoms with E-state index in [9.17, 15) is 81.1 Å². The van der Waals surface area contributed by atoms with Crippen molar-refractivity contribution in [2.24, 2.45) is 17.8 Å². The summed E-state index contributed by atoms with van der Waals surface area (Å²) in [5.41, 5.74) is 0. The standard InChI is InChI=1S/C55H87NO22/c1-31-19-17-15-13-11-9-7-8-10-12-14-16-18-20-38(77-53-50(68)46(48(66)34(4)76-53)56(5)30-55(72)51(69)49(67)42(63)29-74-55)26-43-45(52(70)73-6)41(62)28-54(71,78-43)27-37(59)24-40(61)39(60)22-21-35(57)23-36(58)25-44(64)75-33(3)32(2)47(31)65/h7-20,31-43,45-51,53,57-63,65-69,71-72H,21-30H2,1-6H3/b8-7-,11-9-,12-10-,15-13-,16-14-,19-17-,20-18-/t31-,32-,33-,34+,35+,36+,37-,38-,39+,40+,41-,42+,43-,45+,46-,47+,48+,49+,50-,51-,53-,54+,55+/m0/s1. The van der Waals surface area contributed by atoms with Crippen LogP contribution in [0, 0.1) is 17.8 Å². The molecule has 23 heteroatoms. The third kappa shape index (κ3) is 19.8. The van der Waals surface area contributed by atoms with Crippen molar-refractivity contribution in [3.8, 4) is 0 Å². The second kappa shape index (κ2) is 31.5. The molecule has 0 aromatic carbocycles. The lowest BCUT2D eigenvalue weighted by Crippen LogP contribution is -2.69. The largest absolute Gasteiger partial charge is 0.469 e. The molecular weight excluding hydrogens is 1030 g/mol. The van der Waals surface area contributed by atoms with E-state index in [0.717, 1.165) is 7.11 Å². The summed E-state index contributed by atoms with van der Waals surface area (Å²) < 4.78 is 34.3. The van der Waals surface area contributed by atoms with Crippen LogP contribution >= 0.6 is 0 Å². The summed E-state index contributed by atoms with van der Waals surface area (Å²) in [7, 11) is 2.47. The lowest BCUT2D eigenvalue weighted by molar-refractivity contribution is -0.335. The van der Waals surface area contributed by atoms with Crippen molar-refractivity contribution < 1.29 is 110 Å². The molecule has 2 bridgehead atoms. The second-order valence-corrected chi connectivity index (χ2v) is 21.2. The molecule has 78 heavy (non-hydrogen) atoms. The second-order valence-electron chi connectivity index (χ2n) is 21.2. The van der Waals surface area contributed by atoms with Crippen LogP contribution in [0.3, 0.4) is 0 Å². The fraction of sp³-hybridized carbons (Fsp3) is 0.709. The maximum absolute atomic E-state index is 13.3. The Balaban J connectivity index is 1.63. The van der Waals surface area contributed by atoms with E-state index in [1.54, 1.807) is 86.8 Å². The van der Waals surface area contributed by atoms with Crippen molar-refractivity contribution in [3.05, 3.63) is 85.1 Å². The van der Waals surface area contributed by atoms with Gasteiger partial charge in [0.15, 0.2) is 12.1 Å². The van der Waals surface area contributed by atoms with Crippen LogP contribution in [0.5, 0.6) is 0 Å². The highest BCUT2D eigenvalue weighted by Crippen LogP contribution is 2.39. The predicted octanol–water partition coefficient (Wildman–Crippen LogP) is -1.43. The molecule has 4 aliphatic rings. The van der Waals surface area contributed by atoms with E-state index in [4.69, 9.17) is 28.4 Å². The number of allylic oxidation sites excluding steroid dienone is 12. The Morgan fingerprint density at radius 1 is 0.654 bits per heavy atom. The zero-order valence-electron chi connectivity index (χ0n) is 45.3. The smallest absolute Gasteiger partial charge is 0.313 e. The molecule has 0 amide bonds. The quantitative estimate of drug-likeness (QED) is 0.136. The molecule has 3 saturated heterocycles. The van der Waals surface area contributed by atoms with Crippen LogP contribution in [0.1, 0.15) is 79.1 Å². The number of carbonyl (C=O) groups is 2. The van der Waals surface area contributed by atoms with Crippen molar-refractivity contribution in [1.29, 1.82) is 0 Å². The Bertz CT molecular complexity index is 2050. The normalized spacial score (nSPS) is 45.9. The van der Waals surface area contributed by atoms with Gasteiger partial charge in [0.2, 0.25) is 5.79 Å². The highest BCUT2D eigenvalue weighted by Gasteiger charge is 2.54. The number of ether oxygens (including phenoxy) is 6. The van der Waals surface area contributed by atoms with Gasteiger partial charge in [-0.05, 0) is 40.2 Å². The number of aliphatic hydroxyl groups is 14. The van der Waals surface area contributed by atoms with E-state index in [1.165, 1.54) is 24.9 Å². The Kier molecular flexibility index (Phi) is 27.0. The molecule has 0 saturated carbocycles. The van der Waals surface area contributed by atoms with Gasteiger partial charge in [0.25, 0.3) is 0 Å². The van der Waals surface area contributed by atoms with Gasteiger partial charge >= 0.3 is 11.9 Å². The van der Waals surface area contributed by atoms with E-state index in [-0.39, 0.29) is 31.6 Å². The Morgan fingerprint density at radius 3 is 1.85 bits per heavy atom. The maximum atomic E-state index is 13.3. The van der Waals surface area contributed by atoms with Gasteiger partial charge < -0.3 is 99.9 Å². The number of fused-ring (bicyclic) bond motifs is 2. The van der Waals surface area contributed by atoms with Gasteiger partial charge in [-0.15, -0.1) is 0 Å². The van der Waals surface area contributed by atoms with E-state index < -0.39 is 184 Å². The number of cyclic esters (lactones) is 1. The average Bonchev–Trinajstić information content (AvgIpc) is 3.42.